The zero-order valence-corrected chi connectivity index (χ0v) is 10.5. The molecule has 1 rings (SSSR count). The van der Waals surface area contributed by atoms with Gasteiger partial charge in [0, 0.05) is 24.7 Å². The number of hydrogen-bond acceptors (Lipinski definition) is 2. The molecule has 2 N–H and O–H groups in total. The summed E-state index contributed by atoms with van der Waals surface area (Å²) in [6.45, 7) is 6.99. The number of aryl methyl sites for hydroxylation is 1. The maximum Gasteiger partial charge on any atom is 0.251 e. The van der Waals surface area contributed by atoms with E-state index in [1.165, 1.54) is 6.07 Å². The molecule has 17 heavy (non-hydrogen) atoms. The highest BCUT2D eigenvalue weighted by molar-refractivity contribution is 5.94. The number of halogens is 1. The van der Waals surface area contributed by atoms with Gasteiger partial charge in [-0.1, -0.05) is 19.9 Å². The van der Waals surface area contributed by atoms with Gasteiger partial charge in [0.05, 0.1) is 0 Å². The first-order chi connectivity index (χ1) is 8.00. The number of rotatable bonds is 5. The molecule has 0 aliphatic rings. The Morgan fingerprint density at radius 1 is 1.35 bits per heavy atom. The number of nitrogens with one attached hydrogen (secondary N) is 2. The van der Waals surface area contributed by atoms with Gasteiger partial charge >= 0.3 is 0 Å². The van der Waals surface area contributed by atoms with Crippen LogP contribution >= 0.6 is 0 Å². The van der Waals surface area contributed by atoms with Gasteiger partial charge in [0.15, 0.2) is 0 Å². The Hall–Kier alpha value is -1.42. The van der Waals surface area contributed by atoms with Crippen molar-refractivity contribution in [2.75, 3.05) is 13.1 Å². The Kier molecular flexibility index (Phi) is 5.10. The van der Waals surface area contributed by atoms with Crippen LogP contribution < -0.4 is 10.6 Å². The fourth-order valence-corrected chi connectivity index (χ4v) is 1.37. The molecule has 94 valence electrons. The van der Waals surface area contributed by atoms with E-state index in [1.54, 1.807) is 19.1 Å². The lowest BCUT2D eigenvalue weighted by Crippen LogP contribution is -2.34. The van der Waals surface area contributed by atoms with E-state index in [9.17, 15) is 9.18 Å². The van der Waals surface area contributed by atoms with Crippen LogP contribution in [0.15, 0.2) is 18.2 Å². The third-order valence-electron chi connectivity index (χ3n) is 2.40. The zero-order chi connectivity index (χ0) is 12.8. The third kappa shape index (κ3) is 4.53. The monoisotopic (exact) mass is 238 g/mol. The minimum atomic E-state index is -0.349. The predicted octanol–water partition coefficient (Wildman–Crippen LogP) is 1.86. The maximum absolute atomic E-state index is 13.2. The van der Waals surface area contributed by atoms with Crippen molar-refractivity contribution in [1.82, 2.24) is 10.6 Å². The molecule has 0 aliphatic heterocycles. The summed E-state index contributed by atoms with van der Waals surface area (Å²) in [5.41, 5.74) is 0.903. The number of amides is 1. The van der Waals surface area contributed by atoms with Crippen molar-refractivity contribution in [2.24, 2.45) is 0 Å². The van der Waals surface area contributed by atoms with Gasteiger partial charge in [0.2, 0.25) is 0 Å². The van der Waals surface area contributed by atoms with Crippen LogP contribution in [0.25, 0.3) is 0 Å². The molecule has 1 aromatic carbocycles. The standard InChI is InChI=1S/C13H19FN2O/c1-9(2)15-6-7-16-13(17)11-5-4-10(3)12(14)8-11/h4-5,8-9,15H,6-7H2,1-3H3,(H,16,17). The molecule has 0 atom stereocenters. The summed E-state index contributed by atoms with van der Waals surface area (Å²) in [7, 11) is 0. The van der Waals surface area contributed by atoms with Crippen LogP contribution in [0.2, 0.25) is 0 Å². The first kappa shape index (κ1) is 13.6. The Balaban J connectivity index is 2.44. The smallest absolute Gasteiger partial charge is 0.251 e. The molecule has 0 aromatic heterocycles. The first-order valence-electron chi connectivity index (χ1n) is 5.78. The van der Waals surface area contributed by atoms with Crippen molar-refractivity contribution >= 4 is 5.91 Å². The highest BCUT2D eigenvalue weighted by atomic mass is 19.1. The molecule has 0 aliphatic carbocycles. The van der Waals surface area contributed by atoms with Crippen molar-refractivity contribution in [1.29, 1.82) is 0 Å². The van der Waals surface area contributed by atoms with Crippen LogP contribution in [0.4, 0.5) is 4.39 Å². The molecule has 3 nitrogen and oxygen atoms in total. The lowest BCUT2D eigenvalue weighted by atomic mass is 10.1. The third-order valence-corrected chi connectivity index (χ3v) is 2.40. The molecule has 0 unspecified atom stereocenters. The molecule has 0 saturated carbocycles. The van der Waals surface area contributed by atoms with E-state index in [0.29, 0.717) is 30.3 Å². The van der Waals surface area contributed by atoms with Gasteiger partial charge in [-0.2, -0.15) is 0 Å². The van der Waals surface area contributed by atoms with Crippen LogP contribution in [0.3, 0.4) is 0 Å². The molecule has 0 spiro atoms. The van der Waals surface area contributed by atoms with Crippen molar-refractivity contribution in [3.8, 4) is 0 Å². The highest BCUT2D eigenvalue weighted by Crippen LogP contribution is 2.08. The predicted molar refractivity (Wildman–Crippen MR) is 66.6 cm³/mol. The van der Waals surface area contributed by atoms with Crippen LogP contribution in [-0.4, -0.2) is 25.0 Å². The quantitative estimate of drug-likeness (QED) is 0.769. The van der Waals surface area contributed by atoms with Gasteiger partial charge in [-0.05, 0) is 24.6 Å². The Morgan fingerprint density at radius 2 is 2.06 bits per heavy atom. The van der Waals surface area contributed by atoms with E-state index in [1.807, 2.05) is 13.8 Å². The summed E-state index contributed by atoms with van der Waals surface area (Å²) >= 11 is 0. The fourth-order valence-electron chi connectivity index (χ4n) is 1.37. The second kappa shape index (κ2) is 6.35. The molecule has 1 aromatic rings. The SMILES string of the molecule is Cc1ccc(C(=O)NCCNC(C)C)cc1F. The number of hydrogen-bond donors (Lipinski definition) is 2. The fraction of sp³-hybridized carbons (Fsp3) is 0.462. The van der Waals surface area contributed by atoms with E-state index < -0.39 is 0 Å². The van der Waals surface area contributed by atoms with E-state index in [2.05, 4.69) is 10.6 Å². The molecular formula is C13H19FN2O. The summed E-state index contributed by atoms with van der Waals surface area (Å²) in [5.74, 6) is -0.590. The first-order valence-corrected chi connectivity index (χ1v) is 5.78. The number of carbonyl (C=O) groups is 1. The maximum atomic E-state index is 13.2. The molecule has 4 heteroatoms. The Bertz CT molecular complexity index is 391. The van der Waals surface area contributed by atoms with E-state index in [-0.39, 0.29) is 11.7 Å². The van der Waals surface area contributed by atoms with E-state index in [0.717, 1.165) is 0 Å². The van der Waals surface area contributed by atoms with Gasteiger partial charge in [-0.25, -0.2) is 4.39 Å². The Labute approximate surface area is 101 Å². The summed E-state index contributed by atoms with van der Waals surface area (Å²) in [6, 6.07) is 4.89. The molecule has 0 heterocycles. The van der Waals surface area contributed by atoms with Crippen LogP contribution in [0, 0.1) is 12.7 Å². The molecule has 1 amide bonds. The normalized spacial score (nSPS) is 10.6. The summed E-state index contributed by atoms with van der Waals surface area (Å²) in [6.07, 6.45) is 0. The summed E-state index contributed by atoms with van der Waals surface area (Å²) in [4.78, 5) is 11.6. The Morgan fingerprint density at radius 3 is 2.65 bits per heavy atom. The van der Waals surface area contributed by atoms with E-state index in [4.69, 9.17) is 0 Å². The average Bonchev–Trinajstić information content (AvgIpc) is 2.27. The van der Waals surface area contributed by atoms with Gasteiger partial charge in [-0.15, -0.1) is 0 Å². The largest absolute Gasteiger partial charge is 0.351 e. The molecular weight excluding hydrogens is 219 g/mol. The number of benzene rings is 1. The molecule has 0 fully saturated rings. The van der Waals surface area contributed by atoms with Crippen molar-refractivity contribution in [2.45, 2.75) is 26.8 Å². The van der Waals surface area contributed by atoms with Gasteiger partial charge in [0.25, 0.3) is 5.91 Å². The van der Waals surface area contributed by atoms with Crippen molar-refractivity contribution < 1.29 is 9.18 Å². The molecule has 0 radical (unpaired) electrons. The van der Waals surface area contributed by atoms with Gasteiger partial charge in [0.1, 0.15) is 5.82 Å². The highest BCUT2D eigenvalue weighted by Gasteiger charge is 2.07. The number of carbonyl (C=O) groups excluding carboxylic acids is 1. The van der Waals surface area contributed by atoms with E-state index >= 15 is 0 Å². The topological polar surface area (TPSA) is 41.1 Å². The molecule has 0 saturated heterocycles. The summed E-state index contributed by atoms with van der Waals surface area (Å²) in [5, 5.41) is 5.92. The zero-order valence-electron chi connectivity index (χ0n) is 10.5. The minimum Gasteiger partial charge on any atom is -0.351 e. The average molecular weight is 238 g/mol. The van der Waals surface area contributed by atoms with Crippen LogP contribution in [0.5, 0.6) is 0 Å². The summed E-state index contributed by atoms with van der Waals surface area (Å²) < 4.78 is 13.2. The van der Waals surface area contributed by atoms with Gasteiger partial charge in [-0.3, -0.25) is 4.79 Å². The van der Waals surface area contributed by atoms with Crippen LogP contribution in [0.1, 0.15) is 29.8 Å². The van der Waals surface area contributed by atoms with Crippen molar-refractivity contribution in [3.05, 3.63) is 35.1 Å². The second-order valence-electron chi connectivity index (χ2n) is 4.33. The lowest BCUT2D eigenvalue weighted by molar-refractivity contribution is 0.0953. The minimum absolute atomic E-state index is 0.241. The van der Waals surface area contributed by atoms with Crippen LogP contribution in [-0.2, 0) is 0 Å². The van der Waals surface area contributed by atoms with Crippen molar-refractivity contribution in [3.63, 3.8) is 0 Å². The molecule has 0 bridgehead atoms. The lowest BCUT2D eigenvalue weighted by Gasteiger charge is -2.09. The second-order valence-corrected chi connectivity index (χ2v) is 4.33. The van der Waals surface area contributed by atoms with Gasteiger partial charge < -0.3 is 10.6 Å².